The molecule has 0 atom stereocenters. The van der Waals surface area contributed by atoms with Gasteiger partial charge in [0, 0.05) is 22.9 Å². The maximum atomic E-state index is 12.4. The first-order valence-corrected chi connectivity index (χ1v) is 8.42. The molecule has 0 saturated heterocycles. The van der Waals surface area contributed by atoms with Crippen molar-refractivity contribution in [1.82, 2.24) is 4.90 Å². The molecular weight excluding hydrogens is 324 g/mol. The van der Waals surface area contributed by atoms with E-state index in [0.717, 1.165) is 16.0 Å². The number of rotatable bonds is 3. The Kier molecular flexibility index (Phi) is 5.43. The third-order valence-electron chi connectivity index (χ3n) is 2.82. The van der Waals surface area contributed by atoms with Crippen LogP contribution >= 0.6 is 34.3 Å². The van der Waals surface area contributed by atoms with Crippen molar-refractivity contribution in [3.05, 3.63) is 42.7 Å². The highest BCUT2D eigenvalue weighted by molar-refractivity contribution is 7.13. The van der Waals surface area contributed by atoms with Crippen molar-refractivity contribution in [2.75, 3.05) is 13.6 Å². The van der Waals surface area contributed by atoms with Crippen molar-refractivity contribution in [3.8, 4) is 11.8 Å². The van der Waals surface area contributed by atoms with Crippen LogP contribution in [-0.2, 0) is 6.54 Å². The van der Waals surface area contributed by atoms with Crippen LogP contribution in [0.5, 0.6) is 0 Å². The van der Waals surface area contributed by atoms with Gasteiger partial charge in [0.05, 0.1) is 18.1 Å². The molecule has 21 heavy (non-hydrogen) atoms. The van der Waals surface area contributed by atoms with Gasteiger partial charge in [0.25, 0.3) is 5.91 Å². The number of nitrogens with two attached hydrogens (primary N) is 1. The quantitative estimate of drug-likeness (QED) is 0.872. The Morgan fingerprint density at radius 1 is 1.43 bits per heavy atom. The highest BCUT2D eigenvalue weighted by atomic mass is 35.5. The molecule has 110 valence electrons. The fourth-order valence-corrected chi connectivity index (χ4v) is 3.87. The molecule has 6 heteroatoms. The Hall–Kier alpha value is -1.32. The van der Waals surface area contributed by atoms with Crippen LogP contribution in [0.25, 0.3) is 0 Å². The van der Waals surface area contributed by atoms with Gasteiger partial charge in [-0.2, -0.15) is 0 Å². The van der Waals surface area contributed by atoms with Crippen molar-refractivity contribution in [2.24, 2.45) is 5.73 Å². The smallest absolute Gasteiger partial charge is 0.265 e. The summed E-state index contributed by atoms with van der Waals surface area (Å²) in [6.45, 7) is 2.79. The molecule has 0 fully saturated rings. The highest BCUT2D eigenvalue weighted by Crippen LogP contribution is 2.28. The molecular formula is C15H15ClN2OS2. The second kappa shape index (κ2) is 7.10. The van der Waals surface area contributed by atoms with E-state index in [2.05, 4.69) is 11.8 Å². The summed E-state index contributed by atoms with van der Waals surface area (Å²) in [5, 5.41) is 4.42. The molecule has 1 amide bonds. The van der Waals surface area contributed by atoms with E-state index in [-0.39, 0.29) is 5.91 Å². The van der Waals surface area contributed by atoms with E-state index in [1.165, 1.54) is 11.3 Å². The molecule has 0 bridgehead atoms. The summed E-state index contributed by atoms with van der Waals surface area (Å²) in [4.78, 5) is 15.7. The number of nitrogens with zero attached hydrogens (tertiary/aromatic N) is 1. The Bertz CT molecular complexity index is 709. The monoisotopic (exact) mass is 338 g/mol. The number of hydrogen-bond donors (Lipinski definition) is 1. The van der Waals surface area contributed by atoms with Crippen LogP contribution in [0.3, 0.4) is 0 Å². The largest absolute Gasteiger partial charge is 0.336 e. The summed E-state index contributed by atoms with van der Waals surface area (Å²) in [5.74, 6) is 5.75. The molecule has 2 N–H and O–H groups in total. The first kappa shape index (κ1) is 16.1. The van der Waals surface area contributed by atoms with Crippen LogP contribution in [0, 0.1) is 18.8 Å². The molecule has 0 unspecified atom stereocenters. The minimum Gasteiger partial charge on any atom is -0.336 e. The van der Waals surface area contributed by atoms with Gasteiger partial charge in [0.1, 0.15) is 4.88 Å². The van der Waals surface area contributed by atoms with Gasteiger partial charge >= 0.3 is 0 Å². The molecule has 0 spiro atoms. The minimum absolute atomic E-state index is 0.0545. The SMILES string of the molecule is Cc1csc(C(=O)N(C)Cc2cc(C#CCN)cs2)c1Cl. The number of carbonyl (C=O) groups excluding carboxylic acids is 1. The third-order valence-corrected chi connectivity index (χ3v) is 5.43. The zero-order chi connectivity index (χ0) is 15.4. The molecule has 0 aliphatic carbocycles. The second-order valence-corrected chi connectivity index (χ2v) is 6.78. The second-order valence-electron chi connectivity index (χ2n) is 4.53. The molecule has 0 saturated carbocycles. The van der Waals surface area contributed by atoms with E-state index in [4.69, 9.17) is 17.3 Å². The molecule has 2 rings (SSSR count). The third kappa shape index (κ3) is 3.86. The number of amides is 1. The first-order valence-electron chi connectivity index (χ1n) is 6.28. The molecule has 2 heterocycles. The normalized spacial score (nSPS) is 10.1. The molecule has 0 radical (unpaired) electrons. The zero-order valence-corrected chi connectivity index (χ0v) is 14.2. The highest BCUT2D eigenvalue weighted by Gasteiger charge is 2.19. The van der Waals surface area contributed by atoms with E-state index >= 15 is 0 Å². The molecule has 0 aliphatic rings. The summed E-state index contributed by atoms with van der Waals surface area (Å²) in [6, 6.07) is 1.98. The number of thiophene rings is 2. The van der Waals surface area contributed by atoms with Crippen LogP contribution in [0.4, 0.5) is 0 Å². The topological polar surface area (TPSA) is 46.3 Å². The van der Waals surface area contributed by atoms with E-state index in [1.54, 1.807) is 23.3 Å². The van der Waals surface area contributed by atoms with Crippen LogP contribution < -0.4 is 5.73 Å². The molecule has 0 aliphatic heterocycles. The van der Waals surface area contributed by atoms with Crippen LogP contribution in [0.15, 0.2) is 16.8 Å². The summed E-state index contributed by atoms with van der Waals surface area (Å²) in [7, 11) is 1.78. The summed E-state index contributed by atoms with van der Waals surface area (Å²) in [6.07, 6.45) is 0. The van der Waals surface area contributed by atoms with Crippen molar-refractivity contribution >= 4 is 40.2 Å². The van der Waals surface area contributed by atoms with Gasteiger partial charge in [-0.25, -0.2) is 0 Å². The predicted molar refractivity (Wildman–Crippen MR) is 90.1 cm³/mol. The van der Waals surface area contributed by atoms with Gasteiger partial charge in [-0.15, -0.1) is 22.7 Å². The summed E-state index contributed by atoms with van der Waals surface area (Å²) < 4.78 is 0. The Labute approximate surface area is 137 Å². The lowest BCUT2D eigenvalue weighted by Crippen LogP contribution is -2.25. The van der Waals surface area contributed by atoms with E-state index in [1.807, 2.05) is 23.8 Å². The number of carbonyl (C=O) groups is 1. The van der Waals surface area contributed by atoms with Crippen LogP contribution in [-0.4, -0.2) is 24.4 Å². The maximum Gasteiger partial charge on any atom is 0.265 e. The van der Waals surface area contributed by atoms with Crippen molar-refractivity contribution in [2.45, 2.75) is 13.5 Å². The van der Waals surface area contributed by atoms with Crippen molar-refractivity contribution in [1.29, 1.82) is 0 Å². The summed E-state index contributed by atoms with van der Waals surface area (Å²) >= 11 is 9.11. The lowest BCUT2D eigenvalue weighted by Gasteiger charge is -2.15. The van der Waals surface area contributed by atoms with Crippen LogP contribution in [0.1, 0.15) is 25.7 Å². The zero-order valence-electron chi connectivity index (χ0n) is 11.8. The van der Waals surface area contributed by atoms with Gasteiger partial charge in [-0.05, 0) is 23.9 Å². The Balaban J connectivity index is 2.07. The van der Waals surface area contributed by atoms with Gasteiger partial charge in [0.2, 0.25) is 0 Å². The summed E-state index contributed by atoms with van der Waals surface area (Å²) in [5.41, 5.74) is 7.22. The predicted octanol–water partition coefficient (Wildman–Crippen LogP) is 3.35. The van der Waals surface area contributed by atoms with Crippen LogP contribution in [0.2, 0.25) is 5.02 Å². The van der Waals surface area contributed by atoms with E-state index < -0.39 is 0 Å². The maximum absolute atomic E-state index is 12.4. The first-order chi connectivity index (χ1) is 10.0. The number of halogens is 1. The molecule has 0 aromatic carbocycles. The molecule has 3 nitrogen and oxygen atoms in total. The average molecular weight is 339 g/mol. The lowest BCUT2D eigenvalue weighted by molar-refractivity contribution is 0.0791. The number of hydrogen-bond acceptors (Lipinski definition) is 4. The fourth-order valence-electron chi connectivity index (χ4n) is 1.74. The average Bonchev–Trinajstić information content (AvgIpc) is 3.04. The lowest BCUT2D eigenvalue weighted by atomic mass is 10.3. The van der Waals surface area contributed by atoms with E-state index in [9.17, 15) is 4.79 Å². The van der Waals surface area contributed by atoms with Crippen molar-refractivity contribution < 1.29 is 4.79 Å². The molecule has 2 aromatic rings. The number of aryl methyl sites for hydroxylation is 1. The standard InChI is InChI=1S/C15H15ClN2OS2/c1-10-8-21-14(13(10)16)15(19)18(2)7-12-6-11(9-20-12)4-3-5-17/h6,8-9H,5,7,17H2,1-2H3. The Morgan fingerprint density at radius 3 is 2.81 bits per heavy atom. The van der Waals surface area contributed by atoms with E-state index in [0.29, 0.717) is 23.0 Å². The van der Waals surface area contributed by atoms with Gasteiger partial charge < -0.3 is 10.6 Å². The molecule has 2 aromatic heterocycles. The minimum atomic E-state index is -0.0545. The van der Waals surface area contributed by atoms with Gasteiger partial charge in [0.15, 0.2) is 0 Å². The fraction of sp³-hybridized carbons (Fsp3) is 0.267. The van der Waals surface area contributed by atoms with Gasteiger partial charge in [-0.3, -0.25) is 4.79 Å². The van der Waals surface area contributed by atoms with Crippen molar-refractivity contribution in [3.63, 3.8) is 0 Å². The van der Waals surface area contributed by atoms with Gasteiger partial charge in [-0.1, -0.05) is 23.4 Å². The Morgan fingerprint density at radius 2 is 2.19 bits per heavy atom.